The fourth-order valence-electron chi connectivity index (χ4n) is 2.04. The average molecular weight is 281 g/mol. The van der Waals surface area contributed by atoms with Crippen molar-refractivity contribution >= 4 is 5.69 Å². The van der Waals surface area contributed by atoms with Gasteiger partial charge in [-0.15, -0.1) is 0 Å². The van der Waals surface area contributed by atoms with Crippen molar-refractivity contribution in [3.05, 3.63) is 60.0 Å². The molecule has 106 valence electrons. The molecule has 0 fully saturated rings. The van der Waals surface area contributed by atoms with Crippen LogP contribution in [-0.2, 0) is 6.42 Å². The van der Waals surface area contributed by atoms with Crippen molar-refractivity contribution in [1.29, 1.82) is 0 Å². The highest BCUT2D eigenvalue weighted by Gasteiger charge is 2.09. The third kappa shape index (κ3) is 3.02. The monoisotopic (exact) mass is 281 g/mol. The molecule has 0 spiro atoms. The lowest BCUT2D eigenvalue weighted by atomic mass is 10.1. The predicted octanol–water partition coefficient (Wildman–Crippen LogP) is 2.92. The third-order valence-corrected chi connectivity index (χ3v) is 3.13. The van der Waals surface area contributed by atoms with Gasteiger partial charge in [0.2, 0.25) is 11.7 Å². The molecule has 0 aliphatic heterocycles. The van der Waals surface area contributed by atoms with E-state index in [1.54, 1.807) is 7.11 Å². The van der Waals surface area contributed by atoms with E-state index in [0.717, 1.165) is 16.9 Å². The molecule has 0 saturated carbocycles. The molecule has 0 saturated heterocycles. The molecular weight excluding hydrogens is 266 g/mol. The first-order chi connectivity index (χ1) is 10.2. The lowest BCUT2D eigenvalue weighted by Crippen LogP contribution is -1.90. The van der Waals surface area contributed by atoms with Crippen LogP contribution >= 0.6 is 0 Å². The zero-order valence-corrected chi connectivity index (χ0v) is 11.6. The summed E-state index contributed by atoms with van der Waals surface area (Å²) in [6.07, 6.45) is 0.583. The van der Waals surface area contributed by atoms with Crippen LogP contribution in [0.25, 0.3) is 11.4 Å². The predicted molar refractivity (Wildman–Crippen MR) is 79.9 cm³/mol. The normalized spacial score (nSPS) is 10.5. The molecule has 1 aromatic heterocycles. The number of anilines is 1. The molecule has 0 aliphatic carbocycles. The fraction of sp³-hybridized carbons (Fsp3) is 0.125. The summed E-state index contributed by atoms with van der Waals surface area (Å²) in [7, 11) is 1.64. The minimum atomic E-state index is 0.547. The van der Waals surface area contributed by atoms with Gasteiger partial charge in [0.05, 0.1) is 13.5 Å². The van der Waals surface area contributed by atoms with Crippen LogP contribution in [0.4, 0.5) is 5.69 Å². The molecule has 5 heteroatoms. The Morgan fingerprint density at radius 1 is 1.14 bits per heavy atom. The summed E-state index contributed by atoms with van der Waals surface area (Å²) in [5, 5.41) is 3.99. The molecule has 21 heavy (non-hydrogen) atoms. The number of benzene rings is 2. The van der Waals surface area contributed by atoms with E-state index in [1.165, 1.54) is 0 Å². The van der Waals surface area contributed by atoms with Crippen LogP contribution in [0.3, 0.4) is 0 Å². The van der Waals surface area contributed by atoms with Gasteiger partial charge in [0.1, 0.15) is 5.75 Å². The van der Waals surface area contributed by atoms with Crippen molar-refractivity contribution in [3.63, 3.8) is 0 Å². The van der Waals surface area contributed by atoms with Gasteiger partial charge in [-0.25, -0.2) is 0 Å². The molecule has 1 heterocycles. The van der Waals surface area contributed by atoms with Crippen molar-refractivity contribution < 1.29 is 9.26 Å². The van der Waals surface area contributed by atoms with Crippen LogP contribution < -0.4 is 10.5 Å². The van der Waals surface area contributed by atoms with Crippen molar-refractivity contribution in [2.75, 3.05) is 12.8 Å². The first-order valence-electron chi connectivity index (χ1n) is 6.56. The molecular formula is C16H15N3O2. The molecule has 0 aliphatic rings. The fourth-order valence-corrected chi connectivity index (χ4v) is 2.04. The zero-order valence-electron chi connectivity index (χ0n) is 11.6. The summed E-state index contributed by atoms with van der Waals surface area (Å²) in [5.41, 5.74) is 8.36. The Kier molecular flexibility index (Phi) is 3.55. The second-order valence-electron chi connectivity index (χ2n) is 4.66. The van der Waals surface area contributed by atoms with Crippen LogP contribution in [0.15, 0.2) is 53.1 Å². The molecule has 0 amide bonds. The lowest BCUT2D eigenvalue weighted by Gasteiger charge is -2.00. The van der Waals surface area contributed by atoms with Gasteiger partial charge < -0.3 is 15.0 Å². The van der Waals surface area contributed by atoms with Crippen molar-refractivity contribution in [3.8, 4) is 17.1 Å². The zero-order chi connectivity index (χ0) is 14.7. The third-order valence-electron chi connectivity index (χ3n) is 3.13. The smallest absolute Gasteiger partial charge is 0.231 e. The van der Waals surface area contributed by atoms with Gasteiger partial charge in [-0.05, 0) is 29.8 Å². The number of nitrogen functional groups attached to an aromatic ring is 1. The van der Waals surface area contributed by atoms with Gasteiger partial charge in [0.25, 0.3) is 0 Å². The Labute approximate surface area is 122 Å². The van der Waals surface area contributed by atoms with Crippen LogP contribution in [-0.4, -0.2) is 17.3 Å². The van der Waals surface area contributed by atoms with Crippen molar-refractivity contribution in [2.24, 2.45) is 0 Å². The molecule has 0 radical (unpaired) electrons. The van der Waals surface area contributed by atoms with Gasteiger partial charge in [0, 0.05) is 11.3 Å². The second kappa shape index (κ2) is 5.66. The van der Waals surface area contributed by atoms with E-state index >= 15 is 0 Å². The summed E-state index contributed by atoms with van der Waals surface area (Å²) >= 11 is 0. The summed E-state index contributed by atoms with van der Waals surface area (Å²) in [6, 6.07) is 15.2. The van der Waals surface area contributed by atoms with Gasteiger partial charge in [-0.1, -0.05) is 29.4 Å². The number of hydrogen-bond acceptors (Lipinski definition) is 5. The van der Waals surface area contributed by atoms with E-state index in [1.807, 2.05) is 48.5 Å². The van der Waals surface area contributed by atoms with E-state index in [9.17, 15) is 0 Å². The van der Waals surface area contributed by atoms with E-state index in [-0.39, 0.29) is 0 Å². The summed E-state index contributed by atoms with van der Waals surface area (Å²) in [6.45, 7) is 0. The summed E-state index contributed by atoms with van der Waals surface area (Å²) in [5.74, 6) is 1.94. The topological polar surface area (TPSA) is 74.2 Å². The van der Waals surface area contributed by atoms with E-state index < -0.39 is 0 Å². The average Bonchev–Trinajstić information content (AvgIpc) is 2.97. The van der Waals surface area contributed by atoms with Gasteiger partial charge in [0.15, 0.2) is 0 Å². The number of nitrogens with zero attached hydrogens (tertiary/aromatic N) is 2. The molecule has 0 unspecified atom stereocenters. The minimum absolute atomic E-state index is 0.547. The van der Waals surface area contributed by atoms with E-state index in [2.05, 4.69) is 10.1 Å². The van der Waals surface area contributed by atoms with Crippen LogP contribution in [0.5, 0.6) is 5.75 Å². The number of aromatic nitrogens is 2. The van der Waals surface area contributed by atoms with Crippen LogP contribution in [0.1, 0.15) is 11.5 Å². The van der Waals surface area contributed by atoms with E-state index in [0.29, 0.717) is 23.8 Å². The number of hydrogen-bond donors (Lipinski definition) is 1. The van der Waals surface area contributed by atoms with Gasteiger partial charge in [-0.3, -0.25) is 0 Å². The standard InChI is InChI=1S/C16H15N3O2/c1-20-14-7-5-11(6-8-14)9-15-18-16(19-21-15)12-3-2-4-13(17)10-12/h2-8,10H,9,17H2,1H3. The Morgan fingerprint density at radius 3 is 2.67 bits per heavy atom. The molecule has 0 bridgehead atoms. The molecule has 3 aromatic rings. The highest BCUT2D eigenvalue weighted by atomic mass is 16.5. The SMILES string of the molecule is COc1ccc(Cc2nc(-c3cccc(N)c3)no2)cc1. The number of rotatable bonds is 4. The highest BCUT2D eigenvalue weighted by Crippen LogP contribution is 2.20. The summed E-state index contributed by atoms with van der Waals surface area (Å²) in [4.78, 5) is 4.39. The van der Waals surface area contributed by atoms with Crippen molar-refractivity contribution in [1.82, 2.24) is 10.1 Å². The highest BCUT2D eigenvalue weighted by molar-refractivity contribution is 5.60. The molecule has 2 N–H and O–H groups in total. The molecule has 2 aromatic carbocycles. The van der Waals surface area contributed by atoms with Gasteiger partial charge >= 0.3 is 0 Å². The number of nitrogens with two attached hydrogens (primary N) is 1. The Bertz CT molecular complexity index is 735. The van der Waals surface area contributed by atoms with Crippen molar-refractivity contribution in [2.45, 2.75) is 6.42 Å². The first-order valence-corrected chi connectivity index (χ1v) is 6.56. The van der Waals surface area contributed by atoms with Crippen LogP contribution in [0, 0.1) is 0 Å². The summed E-state index contributed by atoms with van der Waals surface area (Å²) < 4.78 is 10.4. The minimum Gasteiger partial charge on any atom is -0.497 e. The molecule has 0 atom stereocenters. The lowest BCUT2D eigenvalue weighted by molar-refractivity contribution is 0.385. The first kappa shape index (κ1) is 13.2. The van der Waals surface area contributed by atoms with Gasteiger partial charge in [-0.2, -0.15) is 4.98 Å². The molecule has 3 rings (SSSR count). The largest absolute Gasteiger partial charge is 0.497 e. The number of ether oxygens (including phenoxy) is 1. The maximum atomic E-state index is 5.76. The van der Waals surface area contributed by atoms with E-state index in [4.69, 9.17) is 15.0 Å². The Hall–Kier alpha value is -2.82. The maximum absolute atomic E-state index is 5.76. The Morgan fingerprint density at radius 2 is 1.95 bits per heavy atom. The number of methoxy groups -OCH3 is 1. The maximum Gasteiger partial charge on any atom is 0.231 e. The second-order valence-corrected chi connectivity index (χ2v) is 4.66. The van der Waals surface area contributed by atoms with Crippen LogP contribution in [0.2, 0.25) is 0 Å². The Balaban J connectivity index is 1.78. The quantitative estimate of drug-likeness (QED) is 0.744. The molecule has 5 nitrogen and oxygen atoms in total.